The van der Waals surface area contributed by atoms with Gasteiger partial charge in [-0.15, -0.1) is 0 Å². The van der Waals surface area contributed by atoms with E-state index in [9.17, 15) is 14.4 Å². The van der Waals surface area contributed by atoms with Gasteiger partial charge in [-0.25, -0.2) is 0 Å². The summed E-state index contributed by atoms with van der Waals surface area (Å²) in [6.45, 7) is 1.50. The van der Waals surface area contributed by atoms with Crippen LogP contribution < -0.4 is 5.32 Å². The lowest BCUT2D eigenvalue weighted by Crippen LogP contribution is -2.36. The van der Waals surface area contributed by atoms with E-state index >= 15 is 0 Å². The highest BCUT2D eigenvalue weighted by Gasteiger charge is 2.36. The molecule has 0 aromatic heterocycles. The predicted molar refractivity (Wildman–Crippen MR) is 112 cm³/mol. The van der Waals surface area contributed by atoms with Crippen LogP contribution in [-0.4, -0.2) is 28.5 Å². The number of imide groups is 1. The Labute approximate surface area is 173 Å². The Hall–Kier alpha value is -2.09. The highest BCUT2D eigenvalue weighted by Crippen LogP contribution is 2.32. The lowest BCUT2D eigenvalue weighted by atomic mass is 10.2. The monoisotopic (exact) mass is 464 g/mol. The van der Waals surface area contributed by atoms with Crippen LogP contribution in [0.4, 0.5) is 10.5 Å². The minimum absolute atomic E-state index is 0.282. The van der Waals surface area contributed by atoms with Gasteiger partial charge in [0.25, 0.3) is 11.1 Å². The third kappa shape index (κ3) is 4.80. The van der Waals surface area contributed by atoms with E-state index in [2.05, 4.69) is 21.2 Å². The number of anilines is 1. The number of nitrogens with zero attached hydrogens (tertiary/aromatic N) is 1. The van der Waals surface area contributed by atoms with Crippen molar-refractivity contribution in [3.63, 3.8) is 0 Å². The molecule has 2 aromatic rings. The number of benzene rings is 2. The van der Waals surface area contributed by atoms with Gasteiger partial charge < -0.3 is 5.32 Å². The minimum Gasteiger partial charge on any atom is -0.324 e. The summed E-state index contributed by atoms with van der Waals surface area (Å²) in [7, 11) is 0. The van der Waals surface area contributed by atoms with Gasteiger partial charge in [0.1, 0.15) is 6.54 Å². The van der Waals surface area contributed by atoms with Crippen molar-refractivity contribution in [1.29, 1.82) is 0 Å². The lowest BCUT2D eigenvalue weighted by Gasteiger charge is -2.13. The maximum absolute atomic E-state index is 12.5. The van der Waals surface area contributed by atoms with E-state index in [-0.39, 0.29) is 11.4 Å². The van der Waals surface area contributed by atoms with Crippen molar-refractivity contribution in [2.45, 2.75) is 6.92 Å². The van der Waals surface area contributed by atoms with Crippen LogP contribution in [-0.2, 0) is 9.59 Å². The fourth-order valence-corrected chi connectivity index (χ4v) is 3.83. The largest absolute Gasteiger partial charge is 0.324 e. The molecule has 1 heterocycles. The number of amides is 3. The third-order valence-electron chi connectivity index (χ3n) is 3.78. The number of nitrogens with one attached hydrogen (secondary N) is 1. The molecular formula is C19H14BrClN2O3S. The molecule has 0 saturated carbocycles. The molecule has 8 heteroatoms. The van der Waals surface area contributed by atoms with E-state index in [0.717, 1.165) is 32.3 Å². The second kappa shape index (κ2) is 8.29. The smallest absolute Gasteiger partial charge is 0.294 e. The summed E-state index contributed by atoms with van der Waals surface area (Å²) in [6.07, 6.45) is 1.63. The van der Waals surface area contributed by atoms with E-state index in [1.54, 1.807) is 24.3 Å². The average Bonchev–Trinajstić information content (AvgIpc) is 2.86. The van der Waals surface area contributed by atoms with Crippen LogP contribution in [0, 0.1) is 6.92 Å². The molecular weight excluding hydrogens is 452 g/mol. The Balaban J connectivity index is 1.69. The Morgan fingerprint density at radius 3 is 2.74 bits per heavy atom. The molecule has 0 bridgehead atoms. The SMILES string of the molecule is Cc1ccc(NC(=O)CN2C(=O)S/C(=C/c3cccc(Br)c3)C2=O)cc1Cl. The van der Waals surface area contributed by atoms with Crippen LogP contribution in [0.5, 0.6) is 0 Å². The maximum atomic E-state index is 12.5. The average molecular weight is 466 g/mol. The zero-order valence-electron chi connectivity index (χ0n) is 14.2. The van der Waals surface area contributed by atoms with Gasteiger partial charge in [0, 0.05) is 15.2 Å². The molecule has 138 valence electrons. The molecule has 5 nitrogen and oxygen atoms in total. The van der Waals surface area contributed by atoms with Gasteiger partial charge in [0.05, 0.1) is 4.91 Å². The molecule has 1 saturated heterocycles. The molecule has 27 heavy (non-hydrogen) atoms. The van der Waals surface area contributed by atoms with Gasteiger partial charge in [0.15, 0.2) is 0 Å². The Morgan fingerprint density at radius 1 is 1.26 bits per heavy atom. The van der Waals surface area contributed by atoms with Crippen molar-refractivity contribution < 1.29 is 14.4 Å². The summed E-state index contributed by atoms with van der Waals surface area (Å²) in [5.41, 5.74) is 2.18. The second-order valence-corrected chi connectivity index (χ2v) is 8.15. The first-order chi connectivity index (χ1) is 12.8. The zero-order chi connectivity index (χ0) is 19.6. The van der Waals surface area contributed by atoms with Gasteiger partial charge in [0.2, 0.25) is 5.91 Å². The number of halogens is 2. The number of hydrogen-bond acceptors (Lipinski definition) is 4. The van der Waals surface area contributed by atoms with Crippen molar-refractivity contribution in [1.82, 2.24) is 4.90 Å². The summed E-state index contributed by atoms with van der Waals surface area (Å²) in [5.74, 6) is -0.956. The van der Waals surface area contributed by atoms with Gasteiger partial charge in [-0.05, 0) is 60.2 Å². The molecule has 1 fully saturated rings. The first-order valence-corrected chi connectivity index (χ1v) is 9.89. The number of aryl methyl sites for hydroxylation is 1. The number of hydrogen-bond donors (Lipinski definition) is 1. The van der Waals surface area contributed by atoms with Crippen LogP contribution in [0.25, 0.3) is 6.08 Å². The molecule has 1 N–H and O–H groups in total. The fourth-order valence-electron chi connectivity index (χ4n) is 2.40. The summed E-state index contributed by atoms with van der Waals surface area (Å²) in [4.78, 5) is 38.1. The molecule has 1 aliphatic heterocycles. The molecule has 0 unspecified atom stereocenters. The Bertz CT molecular complexity index is 977. The number of thioether (sulfide) groups is 1. The van der Waals surface area contributed by atoms with Crippen molar-refractivity contribution >= 4 is 68.1 Å². The first kappa shape index (κ1) is 19.7. The maximum Gasteiger partial charge on any atom is 0.294 e. The molecule has 0 aliphatic carbocycles. The quantitative estimate of drug-likeness (QED) is 0.639. The first-order valence-electron chi connectivity index (χ1n) is 7.90. The molecule has 0 spiro atoms. The van der Waals surface area contributed by atoms with Crippen molar-refractivity contribution in [2.24, 2.45) is 0 Å². The lowest BCUT2D eigenvalue weighted by molar-refractivity contribution is -0.127. The highest BCUT2D eigenvalue weighted by molar-refractivity contribution is 9.10. The third-order valence-corrected chi connectivity index (χ3v) is 5.59. The summed E-state index contributed by atoms with van der Waals surface area (Å²) < 4.78 is 0.867. The molecule has 3 amide bonds. The van der Waals surface area contributed by atoms with Gasteiger partial charge >= 0.3 is 0 Å². The zero-order valence-corrected chi connectivity index (χ0v) is 17.3. The number of carbonyl (C=O) groups is 3. The van der Waals surface area contributed by atoms with Gasteiger partial charge in [-0.2, -0.15) is 0 Å². The van der Waals surface area contributed by atoms with E-state index in [1.165, 1.54) is 0 Å². The van der Waals surface area contributed by atoms with Crippen LogP contribution in [0.3, 0.4) is 0 Å². The topological polar surface area (TPSA) is 66.5 Å². The summed E-state index contributed by atoms with van der Waals surface area (Å²) in [5, 5.41) is 2.70. The van der Waals surface area contributed by atoms with Gasteiger partial charge in [-0.1, -0.05) is 45.7 Å². The standard InChI is InChI=1S/C19H14BrClN2O3S/c1-11-5-6-14(9-15(11)21)22-17(24)10-23-18(25)16(27-19(23)26)8-12-3-2-4-13(20)7-12/h2-9H,10H2,1H3,(H,22,24)/b16-8+. The molecule has 0 radical (unpaired) electrons. The Morgan fingerprint density at radius 2 is 2.04 bits per heavy atom. The van der Waals surface area contributed by atoms with Gasteiger partial charge in [-0.3, -0.25) is 19.3 Å². The van der Waals surface area contributed by atoms with Crippen LogP contribution in [0.1, 0.15) is 11.1 Å². The van der Waals surface area contributed by atoms with Crippen LogP contribution >= 0.6 is 39.3 Å². The fraction of sp³-hybridized carbons (Fsp3) is 0.105. The Kier molecular flexibility index (Phi) is 6.04. The molecule has 0 atom stereocenters. The van der Waals surface area contributed by atoms with Crippen molar-refractivity contribution in [3.05, 3.63) is 68.0 Å². The molecule has 3 rings (SSSR count). The summed E-state index contributed by atoms with van der Waals surface area (Å²) >= 11 is 10.2. The van der Waals surface area contributed by atoms with Crippen LogP contribution in [0.15, 0.2) is 51.8 Å². The van der Waals surface area contributed by atoms with E-state index in [4.69, 9.17) is 11.6 Å². The van der Waals surface area contributed by atoms with Crippen molar-refractivity contribution in [2.75, 3.05) is 11.9 Å². The molecule has 2 aromatic carbocycles. The van der Waals surface area contributed by atoms with E-state index in [0.29, 0.717) is 10.7 Å². The second-order valence-electron chi connectivity index (χ2n) is 5.84. The van der Waals surface area contributed by atoms with Crippen LogP contribution in [0.2, 0.25) is 5.02 Å². The number of rotatable bonds is 4. The highest BCUT2D eigenvalue weighted by atomic mass is 79.9. The molecule has 1 aliphatic rings. The van der Waals surface area contributed by atoms with E-state index < -0.39 is 17.1 Å². The minimum atomic E-state index is -0.484. The predicted octanol–water partition coefficient (Wildman–Crippen LogP) is 5.09. The van der Waals surface area contributed by atoms with Crippen molar-refractivity contribution in [3.8, 4) is 0 Å². The summed E-state index contributed by atoms with van der Waals surface area (Å²) in [6, 6.07) is 12.5. The number of carbonyl (C=O) groups excluding carboxylic acids is 3. The van der Waals surface area contributed by atoms with E-state index in [1.807, 2.05) is 31.2 Å². The normalized spacial score (nSPS) is 15.5.